The van der Waals surface area contributed by atoms with Gasteiger partial charge in [0.2, 0.25) is 0 Å². The Hall–Kier alpha value is -1.73. The third-order valence-corrected chi connectivity index (χ3v) is 6.01. The second-order valence-electron chi connectivity index (χ2n) is 5.32. The molecule has 0 fully saturated rings. The molecule has 0 amide bonds. The van der Waals surface area contributed by atoms with Crippen LogP contribution in [0, 0.1) is 13.8 Å². The highest BCUT2D eigenvalue weighted by Crippen LogP contribution is 2.24. The minimum Gasteiger partial charge on any atom is -0.497 e. The van der Waals surface area contributed by atoms with Gasteiger partial charge in [0.15, 0.2) is 9.84 Å². The van der Waals surface area contributed by atoms with Crippen molar-refractivity contribution in [2.75, 3.05) is 13.4 Å². The Morgan fingerprint density at radius 3 is 2.30 bits per heavy atom. The number of rotatable bonds is 5. The molecule has 0 aliphatic rings. The molecule has 0 aliphatic carbocycles. The fourth-order valence-electron chi connectivity index (χ4n) is 2.34. The lowest BCUT2D eigenvalue weighted by molar-refractivity contribution is 0.414. The first-order valence-corrected chi connectivity index (χ1v) is 10.1. The number of aromatic nitrogens is 1. The van der Waals surface area contributed by atoms with Crippen LogP contribution in [0.4, 0.5) is 0 Å². The van der Waals surface area contributed by atoms with Crippen LogP contribution < -0.4 is 4.74 Å². The fourth-order valence-corrected chi connectivity index (χ4v) is 5.32. The molecule has 1 aromatic carbocycles. The highest BCUT2D eigenvalue weighted by atomic mass is 32.2. The predicted molar refractivity (Wildman–Crippen MR) is 89.9 cm³/mol. The van der Waals surface area contributed by atoms with Crippen molar-refractivity contribution in [3.8, 4) is 5.75 Å². The zero-order valence-corrected chi connectivity index (χ0v) is 15.1. The molecule has 0 radical (unpaired) electrons. The molecule has 2 aromatic rings. The van der Waals surface area contributed by atoms with E-state index in [0.29, 0.717) is 17.0 Å². The monoisotopic (exact) mass is 353 g/mol. The maximum Gasteiger partial charge on any atom is 0.178 e. The molecular weight excluding hydrogens is 334 g/mol. The SMILES string of the molecule is COc1ccc(C[S@@](=O)c2nc(C)cc(C)c2S(C)(=O)=O)cc1. The number of pyridine rings is 1. The summed E-state index contributed by atoms with van der Waals surface area (Å²) in [6.07, 6.45) is 1.11. The quantitative estimate of drug-likeness (QED) is 0.825. The number of sulfone groups is 1. The lowest BCUT2D eigenvalue weighted by Crippen LogP contribution is -2.11. The average molecular weight is 353 g/mol. The summed E-state index contributed by atoms with van der Waals surface area (Å²) in [6, 6.07) is 8.85. The van der Waals surface area contributed by atoms with E-state index in [-0.39, 0.29) is 15.7 Å². The molecule has 0 spiro atoms. The predicted octanol–water partition coefficient (Wildman–Crippen LogP) is 2.42. The first kappa shape index (κ1) is 17.6. The Balaban J connectivity index is 2.42. The van der Waals surface area contributed by atoms with Crippen LogP contribution >= 0.6 is 0 Å². The van der Waals surface area contributed by atoms with Crippen LogP contribution in [0.2, 0.25) is 0 Å². The fraction of sp³-hybridized carbons (Fsp3) is 0.312. The van der Waals surface area contributed by atoms with Crippen LogP contribution in [0.5, 0.6) is 5.75 Å². The van der Waals surface area contributed by atoms with E-state index in [1.165, 1.54) is 0 Å². The number of aryl methyl sites for hydroxylation is 2. The summed E-state index contributed by atoms with van der Waals surface area (Å²) in [5.74, 6) is 0.906. The minimum atomic E-state index is -3.50. The largest absolute Gasteiger partial charge is 0.497 e. The summed E-state index contributed by atoms with van der Waals surface area (Å²) in [5, 5.41) is 0.126. The van der Waals surface area contributed by atoms with Crippen molar-refractivity contribution in [3.63, 3.8) is 0 Å². The first-order chi connectivity index (χ1) is 10.7. The number of hydrogen-bond donors (Lipinski definition) is 0. The lowest BCUT2D eigenvalue weighted by Gasteiger charge is -2.11. The minimum absolute atomic E-state index is 0.0648. The second-order valence-corrected chi connectivity index (χ2v) is 8.64. The summed E-state index contributed by atoms with van der Waals surface area (Å²) in [6.45, 7) is 3.45. The number of benzene rings is 1. The summed E-state index contributed by atoms with van der Waals surface area (Å²) in [5.41, 5.74) is 2.04. The molecule has 23 heavy (non-hydrogen) atoms. The van der Waals surface area contributed by atoms with E-state index in [1.54, 1.807) is 51.3 Å². The third kappa shape index (κ3) is 4.17. The highest BCUT2D eigenvalue weighted by molar-refractivity contribution is 7.92. The van der Waals surface area contributed by atoms with E-state index in [4.69, 9.17) is 4.74 Å². The van der Waals surface area contributed by atoms with Crippen LogP contribution in [-0.2, 0) is 26.4 Å². The molecule has 0 unspecified atom stereocenters. The molecule has 0 bridgehead atoms. The average Bonchev–Trinajstić information content (AvgIpc) is 2.45. The topological polar surface area (TPSA) is 73.3 Å². The van der Waals surface area contributed by atoms with Gasteiger partial charge in [-0.3, -0.25) is 4.21 Å². The summed E-state index contributed by atoms with van der Waals surface area (Å²) >= 11 is 0. The number of ether oxygens (including phenoxy) is 1. The van der Waals surface area contributed by atoms with E-state index < -0.39 is 20.6 Å². The molecule has 0 saturated carbocycles. The number of nitrogens with zero attached hydrogens (tertiary/aromatic N) is 1. The third-order valence-electron chi connectivity index (χ3n) is 3.30. The van der Waals surface area contributed by atoms with Crippen LogP contribution in [0.15, 0.2) is 40.3 Å². The van der Waals surface area contributed by atoms with Crippen molar-refractivity contribution in [2.45, 2.75) is 29.5 Å². The van der Waals surface area contributed by atoms with Crippen LogP contribution in [0.1, 0.15) is 16.8 Å². The van der Waals surface area contributed by atoms with E-state index in [9.17, 15) is 12.6 Å². The van der Waals surface area contributed by atoms with Crippen LogP contribution in [0.3, 0.4) is 0 Å². The molecule has 2 rings (SSSR count). The highest BCUT2D eigenvalue weighted by Gasteiger charge is 2.22. The van der Waals surface area contributed by atoms with Crippen LogP contribution in [-0.4, -0.2) is 31.0 Å². The van der Waals surface area contributed by atoms with Gasteiger partial charge >= 0.3 is 0 Å². The Morgan fingerprint density at radius 1 is 1.17 bits per heavy atom. The van der Waals surface area contributed by atoms with Gasteiger partial charge in [-0.15, -0.1) is 0 Å². The zero-order valence-electron chi connectivity index (χ0n) is 13.5. The van der Waals surface area contributed by atoms with E-state index in [0.717, 1.165) is 11.8 Å². The van der Waals surface area contributed by atoms with Crippen molar-refractivity contribution in [1.29, 1.82) is 0 Å². The van der Waals surface area contributed by atoms with E-state index in [2.05, 4.69) is 4.98 Å². The Bertz CT molecular complexity index is 843. The van der Waals surface area contributed by atoms with Crippen molar-refractivity contribution < 1.29 is 17.4 Å². The lowest BCUT2D eigenvalue weighted by atomic mass is 10.2. The molecule has 7 heteroatoms. The first-order valence-electron chi connectivity index (χ1n) is 6.92. The Morgan fingerprint density at radius 2 is 1.78 bits per heavy atom. The molecule has 124 valence electrons. The van der Waals surface area contributed by atoms with Gasteiger partial charge in [-0.1, -0.05) is 12.1 Å². The normalized spacial score (nSPS) is 12.9. The summed E-state index contributed by atoms with van der Waals surface area (Å²) < 4.78 is 41.9. The molecular formula is C16H19NO4S2. The molecule has 0 aliphatic heterocycles. The maximum absolute atomic E-state index is 12.7. The molecule has 1 heterocycles. The van der Waals surface area contributed by atoms with Gasteiger partial charge in [0.05, 0.1) is 23.7 Å². The molecule has 0 N–H and O–H groups in total. The van der Waals surface area contributed by atoms with Crippen LogP contribution in [0.25, 0.3) is 0 Å². The summed E-state index contributed by atoms with van der Waals surface area (Å²) in [7, 11) is -3.48. The van der Waals surface area contributed by atoms with Gasteiger partial charge in [-0.05, 0) is 43.2 Å². The van der Waals surface area contributed by atoms with Crippen molar-refractivity contribution in [3.05, 3.63) is 47.2 Å². The number of hydrogen-bond acceptors (Lipinski definition) is 5. The van der Waals surface area contributed by atoms with Gasteiger partial charge in [0.25, 0.3) is 0 Å². The zero-order chi connectivity index (χ0) is 17.2. The van der Waals surface area contributed by atoms with Gasteiger partial charge in [0.1, 0.15) is 15.7 Å². The van der Waals surface area contributed by atoms with Gasteiger partial charge in [0, 0.05) is 11.9 Å². The van der Waals surface area contributed by atoms with Gasteiger partial charge < -0.3 is 4.74 Å². The molecule has 1 aromatic heterocycles. The molecule has 1 atom stereocenters. The van der Waals surface area contributed by atoms with Crippen molar-refractivity contribution in [2.24, 2.45) is 0 Å². The van der Waals surface area contributed by atoms with Crippen molar-refractivity contribution in [1.82, 2.24) is 4.98 Å². The standard InChI is InChI=1S/C16H19NO4S2/c1-11-9-12(2)17-16(15(11)23(4,19)20)22(18)10-13-5-7-14(21-3)8-6-13/h5-9H,10H2,1-4H3/t22-/m1/s1. The van der Waals surface area contributed by atoms with E-state index in [1.807, 2.05) is 0 Å². The van der Waals surface area contributed by atoms with E-state index >= 15 is 0 Å². The smallest absolute Gasteiger partial charge is 0.178 e. The second kappa shape index (κ2) is 6.80. The Labute approximate surface area is 139 Å². The number of methoxy groups -OCH3 is 1. The van der Waals surface area contributed by atoms with Crippen molar-refractivity contribution >= 4 is 20.6 Å². The molecule has 0 saturated heterocycles. The summed E-state index contributed by atoms with van der Waals surface area (Å²) in [4.78, 5) is 4.29. The maximum atomic E-state index is 12.7. The Kier molecular flexibility index (Phi) is 5.21. The molecule has 5 nitrogen and oxygen atoms in total. The van der Waals surface area contributed by atoms with Gasteiger partial charge in [-0.25, -0.2) is 13.4 Å². The van der Waals surface area contributed by atoms with Gasteiger partial charge in [-0.2, -0.15) is 0 Å².